The van der Waals surface area contributed by atoms with Crippen molar-refractivity contribution in [1.82, 2.24) is 5.32 Å². The van der Waals surface area contributed by atoms with Gasteiger partial charge in [0.05, 0.1) is 10.9 Å². The largest absolute Gasteiger partial charge is 0.497 e. The maximum Gasteiger partial charge on any atom is 0.118 e. The van der Waals surface area contributed by atoms with E-state index < -0.39 is 0 Å². The first-order valence-corrected chi connectivity index (χ1v) is 8.39. The Balaban J connectivity index is 1.72. The van der Waals surface area contributed by atoms with E-state index in [0.29, 0.717) is 6.04 Å². The van der Waals surface area contributed by atoms with Gasteiger partial charge in [-0.15, -0.1) is 11.3 Å². The highest BCUT2D eigenvalue weighted by Crippen LogP contribution is 2.22. The average molecular weight is 354 g/mol. The van der Waals surface area contributed by atoms with Crippen molar-refractivity contribution in [3.05, 3.63) is 50.6 Å². The van der Waals surface area contributed by atoms with Crippen LogP contribution in [0.15, 0.2) is 40.2 Å². The topological polar surface area (TPSA) is 21.3 Å². The van der Waals surface area contributed by atoms with Crippen LogP contribution in [0, 0.1) is 0 Å². The summed E-state index contributed by atoms with van der Waals surface area (Å²) in [6.45, 7) is 3.19. The van der Waals surface area contributed by atoms with Crippen molar-refractivity contribution >= 4 is 27.3 Å². The molecule has 0 saturated carbocycles. The molecule has 0 fully saturated rings. The summed E-state index contributed by atoms with van der Waals surface area (Å²) in [6.07, 6.45) is 2.23. The first-order chi connectivity index (χ1) is 9.67. The Hall–Kier alpha value is -0.840. The molecule has 4 heteroatoms. The predicted molar refractivity (Wildman–Crippen MR) is 89.6 cm³/mol. The summed E-state index contributed by atoms with van der Waals surface area (Å²) in [5.41, 5.74) is 1.36. The van der Waals surface area contributed by atoms with E-state index in [1.54, 1.807) is 18.4 Å². The van der Waals surface area contributed by atoms with E-state index in [1.807, 2.05) is 12.1 Å². The zero-order chi connectivity index (χ0) is 14.4. The molecule has 0 aliphatic rings. The zero-order valence-corrected chi connectivity index (χ0v) is 14.3. The Bertz CT molecular complexity index is 524. The molecule has 1 N–H and O–H groups in total. The third kappa shape index (κ3) is 4.93. The van der Waals surface area contributed by atoms with Crippen molar-refractivity contribution in [3.8, 4) is 5.75 Å². The summed E-state index contributed by atoms with van der Waals surface area (Å²) in [4.78, 5) is 1.37. The van der Waals surface area contributed by atoms with Crippen molar-refractivity contribution in [2.75, 3.05) is 7.11 Å². The molecule has 2 rings (SSSR count). The second-order valence-corrected chi connectivity index (χ2v) is 7.42. The normalized spacial score (nSPS) is 12.3. The van der Waals surface area contributed by atoms with Gasteiger partial charge in [-0.3, -0.25) is 0 Å². The molecule has 0 spiro atoms. The van der Waals surface area contributed by atoms with Crippen molar-refractivity contribution in [2.45, 2.75) is 32.4 Å². The molecule has 1 aromatic carbocycles. The molecule has 0 saturated heterocycles. The fourth-order valence-electron chi connectivity index (χ4n) is 2.00. The first-order valence-electron chi connectivity index (χ1n) is 6.78. The molecule has 1 atom stereocenters. The molecule has 1 aromatic heterocycles. The second-order valence-electron chi connectivity index (χ2n) is 4.87. The van der Waals surface area contributed by atoms with Gasteiger partial charge < -0.3 is 10.1 Å². The lowest BCUT2D eigenvalue weighted by Crippen LogP contribution is -2.25. The smallest absolute Gasteiger partial charge is 0.118 e. The van der Waals surface area contributed by atoms with E-state index in [1.165, 1.54) is 14.2 Å². The van der Waals surface area contributed by atoms with Gasteiger partial charge in [0.25, 0.3) is 0 Å². The highest BCUT2D eigenvalue weighted by Gasteiger charge is 2.04. The van der Waals surface area contributed by atoms with Crippen LogP contribution in [0.5, 0.6) is 5.75 Å². The monoisotopic (exact) mass is 353 g/mol. The van der Waals surface area contributed by atoms with Gasteiger partial charge in [0, 0.05) is 17.5 Å². The van der Waals surface area contributed by atoms with Gasteiger partial charge in [-0.25, -0.2) is 0 Å². The lowest BCUT2D eigenvalue weighted by molar-refractivity contribution is 0.414. The van der Waals surface area contributed by atoms with E-state index in [0.717, 1.165) is 25.1 Å². The summed E-state index contributed by atoms with van der Waals surface area (Å²) >= 11 is 5.28. The van der Waals surface area contributed by atoms with Crippen molar-refractivity contribution in [1.29, 1.82) is 0 Å². The molecule has 0 amide bonds. The number of hydrogen-bond acceptors (Lipinski definition) is 3. The predicted octanol–water partition coefficient (Wildman–Crippen LogP) is 4.63. The van der Waals surface area contributed by atoms with Gasteiger partial charge in [0.2, 0.25) is 0 Å². The number of benzene rings is 1. The molecule has 108 valence electrons. The minimum Gasteiger partial charge on any atom is -0.497 e. The maximum atomic E-state index is 5.17. The Kier molecular flexibility index (Phi) is 6.07. The second kappa shape index (κ2) is 7.81. The molecule has 0 bridgehead atoms. The highest BCUT2D eigenvalue weighted by atomic mass is 79.9. The summed E-state index contributed by atoms with van der Waals surface area (Å²) in [6, 6.07) is 13.1. The van der Waals surface area contributed by atoms with Gasteiger partial charge in [0.15, 0.2) is 0 Å². The summed E-state index contributed by atoms with van der Waals surface area (Å²) in [7, 11) is 1.70. The van der Waals surface area contributed by atoms with E-state index in [-0.39, 0.29) is 0 Å². The average Bonchev–Trinajstić information content (AvgIpc) is 2.89. The van der Waals surface area contributed by atoms with Crippen LogP contribution in [0.3, 0.4) is 0 Å². The minimum atomic E-state index is 0.512. The van der Waals surface area contributed by atoms with Gasteiger partial charge in [0.1, 0.15) is 5.75 Å². The van der Waals surface area contributed by atoms with Crippen LogP contribution >= 0.6 is 27.3 Å². The van der Waals surface area contributed by atoms with E-state index in [9.17, 15) is 0 Å². The van der Waals surface area contributed by atoms with Crippen molar-refractivity contribution in [3.63, 3.8) is 0 Å². The number of aryl methyl sites for hydroxylation is 1. The summed E-state index contributed by atoms with van der Waals surface area (Å²) in [5.74, 6) is 0.920. The van der Waals surface area contributed by atoms with E-state index in [2.05, 4.69) is 52.4 Å². The summed E-state index contributed by atoms with van der Waals surface area (Å²) in [5, 5.41) is 3.57. The quantitative estimate of drug-likeness (QED) is 0.783. The van der Waals surface area contributed by atoms with Gasteiger partial charge in [-0.1, -0.05) is 12.1 Å². The van der Waals surface area contributed by atoms with Crippen LogP contribution in [0.1, 0.15) is 23.8 Å². The number of halogens is 1. The Morgan fingerprint density at radius 3 is 2.55 bits per heavy atom. The lowest BCUT2D eigenvalue weighted by Gasteiger charge is -2.13. The van der Waals surface area contributed by atoms with Crippen LogP contribution in [-0.4, -0.2) is 13.2 Å². The highest BCUT2D eigenvalue weighted by molar-refractivity contribution is 9.11. The number of methoxy groups -OCH3 is 1. The number of thiophene rings is 1. The Morgan fingerprint density at radius 2 is 1.95 bits per heavy atom. The SMILES string of the molecule is COc1ccc(CCC(C)NCc2ccc(Br)s2)cc1. The van der Waals surface area contributed by atoms with Crippen LogP contribution in [-0.2, 0) is 13.0 Å². The number of nitrogens with one attached hydrogen (secondary N) is 1. The molecule has 1 unspecified atom stereocenters. The van der Waals surface area contributed by atoms with Crippen LogP contribution in [0.2, 0.25) is 0 Å². The van der Waals surface area contributed by atoms with E-state index >= 15 is 0 Å². The van der Waals surface area contributed by atoms with Gasteiger partial charge >= 0.3 is 0 Å². The molecule has 1 heterocycles. The maximum absolute atomic E-state index is 5.17. The van der Waals surface area contributed by atoms with Gasteiger partial charge in [-0.05, 0) is 65.5 Å². The lowest BCUT2D eigenvalue weighted by atomic mass is 10.1. The Morgan fingerprint density at radius 1 is 1.20 bits per heavy atom. The third-order valence-corrected chi connectivity index (χ3v) is 4.90. The van der Waals surface area contributed by atoms with Crippen LogP contribution in [0.25, 0.3) is 0 Å². The molecule has 2 nitrogen and oxygen atoms in total. The molecule has 0 aliphatic heterocycles. The molecule has 2 aromatic rings. The standard InChI is InChI=1S/C16H20BrNOS/c1-12(18-11-15-9-10-16(17)20-15)3-4-13-5-7-14(19-2)8-6-13/h5-10,12,18H,3-4,11H2,1-2H3. The molecule has 0 aliphatic carbocycles. The number of rotatable bonds is 7. The first kappa shape index (κ1) is 15.5. The van der Waals surface area contributed by atoms with Gasteiger partial charge in [-0.2, -0.15) is 0 Å². The minimum absolute atomic E-state index is 0.512. The molecule has 0 radical (unpaired) electrons. The molecule has 20 heavy (non-hydrogen) atoms. The molecular formula is C16H20BrNOS. The molecular weight excluding hydrogens is 334 g/mol. The Labute approximate surface area is 133 Å². The fourth-order valence-corrected chi connectivity index (χ4v) is 3.43. The van der Waals surface area contributed by atoms with Crippen molar-refractivity contribution in [2.24, 2.45) is 0 Å². The zero-order valence-electron chi connectivity index (χ0n) is 11.9. The van der Waals surface area contributed by atoms with Crippen LogP contribution < -0.4 is 10.1 Å². The van der Waals surface area contributed by atoms with E-state index in [4.69, 9.17) is 4.74 Å². The van der Waals surface area contributed by atoms with Crippen molar-refractivity contribution < 1.29 is 4.74 Å². The number of ether oxygens (including phenoxy) is 1. The summed E-state index contributed by atoms with van der Waals surface area (Å²) < 4.78 is 6.36. The fraction of sp³-hybridized carbons (Fsp3) is 0.375. The third-order valence-electron chi connectivity index (χ3n) is 3.28. The van der Waals surface area contributed by atoms with Crippen LogP contribution in [0.4, 0.5) is 0 Å². The number of hydrogen-bond donors (Lipinski definition) is 1.